The molecule has 176 valence electrons. The van der Waals surface area contributed by atoms with Crippen LogP contribution in [0.15, 0.2) is 103 Å². The molecule has 5 aromatic carbocycles. The van der Waals surface area contributed by atoms with E-state index in [4.69, 9.17) is 9.47 Å². The fourth-order valence-electron chi connectivity index (χ4n) is 5.03. The lowest BCUT2D eigenvalue weighted by molar-refractivity contribution is -0.134. The van der Waals surface area contributed by atoms with Crippen LogP contribution >= 0.6 is 0 Å². The number of anilines is 1. The van der Waals surface area contributed by atoms with Crippen molar-refractivity contribution in [1.82, 2.24) is 0 Å². The number of rotatable bonds is 6. The molecule has 1 aliphatic rings. The number of carbonyl (C=O) groups is 2. The maximum Gasteiger partial charge on any atom is 0.271 e. The summed E-state index contributed by atoms with van der Waals surface area (Å²) in [5.41, 5.74) is 2.38. The molecule has 0 saturated carbocycles. The molecule has 1 aliphatic heterocycles. The number of methoxy groups -OCH3 is 1. The molecule has 5 nitrogen and oxygen atoms in total. The Morgan fingerprint density at radius 2 is 1.33 bits per heavy atom. The number of fused-ring (bicyclic) bond motifs is 2. The second-order valence-electron chi connectivity index (χ2n) is 8.81. The molecule has 1 heterocycles. The summed E-state index contributed by atoms with van der Waals surface area (Å²) in [6.45, 7) is 0. The third-order valence-corrected chi connectivity index (χ3v) is 6.78. The number of hydrogen-bond donors (Lipinski definition) is 0. The van der Waals surface area contributed by atoms with E-state index in [9.17, 15) is 9.59 Å². The zero-order valence-electron chi connectivity index (χ0n) is 19.6. The van der Waals surface area contributed by atoms with Gasteiger partial charge in [0.1, 0.15) is 23.8 Å². The zero-order chi connectivity index (χ0) is 24.6. The smallest absolute Gasteiger partial charge is 0.271 e. The molecule has 1 fully saturated rings. The lowest BCUT2D eigenvalue weighted by atomic mass is 9.83. The number of aldehydes is 1. The largest absolute Gasteiger partial charge is 0.497 e. The fraction of sp³-hybridized carbons (Fsp3) is 0.0968. The van der Waals surface area contributed by atoms with Crippen LogP contribution in [0.2, 0.25) is 0 Å². The molecule has 0 radical (unpaired) electrons. The van der Waals surface area contributed by atoms with E-state index in [1.54, 1.807) is 36.3 Å². The zero-order valence-corrected chi connectivity index (χ0v) is 19.6. The van der Waals surface area contributed by atoms with Crippen LogP contribution in [-0.2, 0) is 4.79 Å². The first-order valence-electron chi connectivity index (χ1n) is 11.8. The maximum atomic E-state index is 13.6. The Bertz CT molecular complexity index is 1540. The van der Waals surface area contributed by atoms with Crippen LogP contribution < -0.4 is 14.4 Å². The molecule has 5 heteroatoms. The first kappa shape index (κ1) is 21.9. The van der Waals surface area contributed by atoms with Crippen LogP contribution in [0, 0.1) is 0 Å². The lowest BCUT2D eigenvalue weighted by Gasteiger charge is -2.47. The molecule has 36 heavy (non-hydrogen) atoms. The van der Waals surface area contributed by atoms with Gasteiger partial charge in [0.05, 0.1) is 7.11 Å². The Labute approximate surface area is 208 Å². The summed E-state index contributed by atoms with van der Waals surface area (Å²) in [5.74, 6) is 1.14. The minimum Gasteiger partial charge on any atom is -0.497 e. The number of ether oxygens (including phenoxy) is 2. The van der Waals surface area contributed by atoms with Gasteiger partial charge in [-0.2, -0.15) is 0 Å². The lowest BCUT2D eigenvalue weighted by Crippen LogP contribution is -2.61. The van der Waals surface area contributed by atoms with Gasteiger partial charge in [-0.1, -0.05) is 48.5 Å². The highest BCUT2D eigenvalue weighted by Crippen LogP contribution is 2.46. The molecule has 5 aromatic rings. The summed E-state index contributed by atoms with van der Waals surface area (Å²) in [7, 11) is 1.62. The normalized spacial score (nSPS) is 17.1. The number of nitrogens with zero attached hydrogens (tertiary/aromatic N) is 1. The van der Waals surface area contributed by atoms with Gasteiger partial charge in [-0.05, 0) is 81.7 Å². The fourth-order valence-corrected chi connectivity index (χ4v) is 5.03. The van der Waals surface area contributed by atoms with E-state index in [0.717, 1.165) is 44.8 Å². The summed E-state index contributed by atoms with van der Waals surface area (Å²) < 4.78 is 11.6. The molecule has 2 atom stereocenters. The minimum atomic E-state index is -0.719. The average Bonchev–Trinajstić information content (AvgIpc) is 2.94. The van der Waals surface area contributed by atoms with Gasteiger partial charge in [0.2, 0.25) is 6.10 Å². The summed E-state index contributed by atoms with van der Waals surface area (Å²) in [4.78, 5) is 26.5. The van der Waals surface area contributed by atoms with E-state index >= 15 is 0 Å². The van der Waals surface area contributed by atoms with E-state index in [1.165, 1.54) is 0 Å². The van der Waals surface area contributed by atoms with E-state index < -0.39 is 6.10 Å². The van der Waals surface area contributed by atoms with E-state index in [2.05, 4.69) is 30.3 Å². The van der Waals surface area contributed by atoms with Crippen LogP contribution in [0.3, 0.4) is 0 Å². The second-order valence-corrected chi connectivity index (χ2v) is 8.81. The summed E-state index contributed by atoms with van der Waals surface area (Å²) >= 11 is 0. The van der Waals surface area contributed by atoms with Crippen molar-refractivity contribution in [3.63, 3.8) is 0 Å². The third kappa shape index (κ3) is 3.57. The molecule has 0 unspecified atom stereocenters. The van der Waals surface area contributed by atoms with Gasteiger partial charge in [0, 0.05) is 11.3 Å². The Morgan fingerprint density at radius 1 is 0.750 bits per heavy atom. The van der Waals surface area contributed by atoms with Gasteiger partial charge in [0.25, 0.3) is 5.91 Å². The molecular weight excluding hydrogens is 450 g/mol. The van der Waals surface area contributed by atoms with Crippen LogP contribution in [-0.4, -0.2) is 25.4 Å². The Hall–Kier alpha value is -4.64. The van der Waals surface area contributed by atoms with E-state index in [1.807, 2.05) is 48.5 Å². The van der Waals surface area contributed by atoms with E-state index in [-0.39, 0.29) is 11.9 Å². The van der Waals surface area contributed by atoms with Gasteiger partial charge in [-0.3, -0.25) is 14.5 Å². The Morgan fingerprint density at radius 3 is 1.92 bits per heavy atom. The SMILES string of the molecule is COc1ccc(N2C(=O)[C@H](Oc3ccc(C=O)cc3)[C@@H]2c2c3ccccc3cc3ccccc23)cc1. The van der Waals surface area contributed by atoms with Gasteiger partial charge in [0.15, 0.2) is 0 Å². The standard InChI is InChI=1S/C31H23NO4/c1-35-24-16-12-23(13-17-24)32-29(30(31(32)34)36-25-14-10-20(19-33)11-15-25)28-26-8-4-2-6-21(26)18-22-7-3-5-9-27(22)28/h2-19,29-30H,1H3/t29-,30+/m0/s1. The van der Waals surface area contributed by atoms with Crippen molar-refractivity contribution in [3.05, 3.63) is 114 Å². The van der Waals surface area contributed by atoms with Gasteiger partial charge in [-0.15, -0.1) is 0 Å². The molecular formula is C31H23NO4. The van der Waals surface area contributed by atoms with Crippen molar-refractivity contribution in [3.8, 4) is 11.5 Å². The minimum absolute atomic E-state index is 0.123. The predicted molar refractivity (Wildman–Crippen MR) is 141 cm³/mol. The van der Waals surface area contributed by atoms with Crippen LogP contribution in [0.1, 0.15) is 22.0 Å². The number of benzene rings is 5. The predicted octanol–water partition coefficient (Wildman–Crippen LogP) is 6.35. The highest BCUT2D eigenvalue weighted by molar-refractivity contribution is 6.10. The molecule has 1 saturated heterocycles. The number of amides is 1. The van der Waals surface area contributed by atoms with Gasteiger partial charge >= 0.3 is 0 Å². The number of β-lactam (4-membered cyclic amide) rings is 1. The third-order valence-electron chi connectivity index (χ3n) is 6.78. The highest BCUT2D eigenvalue weighted by atomic mass is 16.5. The monoisotopic (exact) mass is 473 g/mol. The van der Waals surface area contributed by atoms with Crippen molar-refractivity contribution in [2.45, 2.75) is 12.1 Å². The van der Waals surface area contributed by atoms with Crippen LogP contribution in [0.4, 0.5) is 5.69 Å². The summed E-state index contributed by atoms with van der Waals surface area (Å²) in [5, 5.41) is 4.37. The van der Waals surface area contributed by atoms with Crippen molar-refractivity contribution in [2.24, 2.45) is 0 Å². The van der Waals surface area contributed by atoms with Crippen LogP contribution in [0.5, 0.6) is 11.5 Å². The topological polar surface area (TPSA) is 55.8 Å². The molecule has 0 spiro atoms. The molecule has 0 bridgehead atoms. The Kier molecular flexibility index (Phi) is 5.38. The van der Waals surface area contributed by atoms with Crippen LogP contribution in [0.25, 0.3) is 21.5 Å². The average molecular weight is 474 g/mol. The first-order chi connectivity index (χ1) is 17.7. The van der Waals surface area contributed by atoms with Gasteiger partial charge in [-0.25, -0.2) is 0 Å². The molecule has 0 aromatic heterocycles. The maximum absolute atomic E-state index is 13.6. The quantitative estimate of drug-likeness (QED) is 0.164. The summed E-state index contributed by atoms with van der Waals surface area (Å²) in [6, 6.07) is 32.6. The molecule has 1 amide bonds. The Balaban J connectivity index is 1.52. The van der Waals surface area contributed by atoms with Crippen molar-refractivity contribution in [1.29, 1.82) is 0 Å². The highest BCUT2D eigenvalue weighted by Gasteiger charge is 2.52. The first-order valence-corrected chi connectivity index (χ1v) is 11.8. The molecule has 6 rings (SSSR count). The number of carbonyl (C=O) groups excluding carboxylic acids is 2. The van der Waals surface area contributed by atoms with Crippen molar-refractivity contribution >= 4 is 39.4 Å². The van der Waals surface area contributed by atoms with Crippen molar-refractivity contribution < 1.29 is 19.1 Å². The van der Waals surface area contributed by atoms with Gasteiger partial charge < -0.3 is 9.47 Å². The molecule has 0 N–H and O–H groups in total. The number of hydrogen-bond acceptors (Lipinski definition) is 4. The molecule has 0 aliphatic carbocycles. The van der Waals surface area contributed by atoms with Crippen molar-refractivity contribution in [2.75, 3.05) is 12.0 Å². The van der Waals surface area contributed by atoms with E-state index in [0.29, 0.717) is 11.3 Å². The second kappa shape index (κ2) is 8.86. The summed E-state index contributed by atoms with van der Waals surface area (Å²) in [6.07, 6.45) is 0.0674.